The van der Waals surface area contributed by atoms with Gasteiger partial charge in [-0.05, 0) is 49.6 Å². The second-order valence-electron chi connectivity index (χ2n) is 3.93. The van der Waals surface area contributed by atoms with E-state index in [1.165, 1.54) is 18.4 Å². The number of methoxy groups -OCH3 is 1. The van der Waals surface area contributed by atoms with Gasteiger partial charge in [-0.1, -0.05) is 11.6 Å². The molecule has 82 valence electrons. The fraction of sp³-hybridized carbons (Fsp3) is 0.500. The van der Waals surface area contributed by atoms with Crippen molar-refractivity contribution in [3.63, 3.8) is 0 Å². The maximum atomic E-state index is 5.95. The van der Waals surface area contributed by atoms with Crippen LogP contribution in [0.25, 0.3) is 0 Å². The molecule has 0 aliphatic heterocycles. The molecule has 1 aromatic rings. The number of ether oxygens (including phenoxy) is 1. The summed E-state index contributed by atoms with van der Waals surface area (Å²) in [4.78, 5) is 0. The van der Waals surface area contributed by atoms with Gasteiger partial charge in [-0.15, -0.1) is 0 Å². The summed E-state index contributed by atoms with van der Waals surface area (Å²) in [6.07, 6.45) is 3.62. The minimum atomic E-state index is 0.759. The van der Waals surface area contributed by atoms with Crippen molar-refractivity contribution in [3.8, 4) is 5.75 Å². The molecule has 0 radical (unpaired) electrons. The average Bonchev–Trinajstić information content (AvgIpc) is 3.02. The van der Waals surface area contributed by atoms with E-state index in [0.29, 0.717) is 0 Å². The molecule has 1 saturated carbocycles. The lowest BCUT2D eigenvalue weighted by Crippen LogP contribution is -2.19. The third kappa shape index (κ3) is 3.11. The minimum absolute atomic E-state index is 0.759. The van der Waals surface area contributed by atoms with E-state index in [0.717, 1.165) is 29.8 Å². The van der Waals surface area contributed by atoms with E-state index in [1.54, 1.807) is 7.11 Å². The van der Waals surface area contributed by atoms with Crippen LogP contribution in [0.2, 0.25) is 5.02 Å². The molecule has 0 saturated heterocycles. The van der Waals surface area contributed by atoms with Gasteiger partial charge in [0.1, 0.15) is 5.75 Å². The van der Waals surface area contributed by atoms with E-state index >= 15 is 0 Å². The first kappa shape index (κ1) is 10.8. The summed E-state index contributed by atoms with van der Waals surface area (Å²) in [7, 11) is 1.70. The molecular weight excluding hydrogens is 210 g/mol. The Hall–Kier alpha value is -0.730. The maximum Gasteiger partial charge on any atom is 0.122 e. The van der Waals surface area contributed by atoms with Gasteiger partial charge in [0.15, 0.2) is 0 Å². The molecule has 3 heteroatoms. The van der Waals surface area contributed by atoms with E-state index in [9.17, 15) is 0 Å². The van der Waals surface area contributed by atoms with Gasteiger partial charge in [0.2, 0.25) is 0 Å². The molecule has 1 aliphatic carbocycles. The first-order valence-electron chi connectivity index (χ1n) is 5.35. The molecule has 2 nitrogen and oxygen atoms in total. The normalized spacial score (nSPS) is 15.3. The quantitative estimate of drug-likeness (QED) is 0.832. The molecule has 1 fully saturated rings. The van der Waals surface area contributed by atoms with E-state index in [1.807, 2.05) is 18.2 Å². The largest absolute Gasteiger partial charge is 0.496 e. The summed E-state index contributed by atoms with van der Waals surface area (Å²) in [5.41, 5.74) is 1.18. The zero-order valence-electron chi connectivity index (χ0n) is 8.92. The Kier molecular flexibility index (Phi) is 3.49. The first-order valence-corrected chi connectivity index (χ1v) is 5.73. The molecule has 1 aliphatic rings. The highest BCUT2D eigenvalue weighted by Gasteiger charge is 2.19. The average molecular weight is 226 g/mol. The van der Waals surface area contributed by atoms with Crippen LogP contribution in [0.4, 0.5) is 0 Å². The molecule has 1 N–H and O–H groups in total. The third-order valence-electron chi connectivity index (χ3n) is 2.65. The zero-order chi connectivity index (χ0) is 10.7. The molecule has 0 unspecified atom stereocenters. The summed E-state index contributed by atoms with van der Waals surface area (Å²) in [6.45, 7) is 1.00. The SMILES string of the molecule is COc1ccc(Cl)cc1CCNC1CC1. The van der Waals surface area contributed by atoms with Gasteiger partial charge in [0.25, 0.3) is 0 Å². The Morgan fingerprint density at radius 2 is 2.27 bits per heavy atom. The van der Waals surface area contributed by atoms with Gasteiger partial charge in [0.05, 0.1) is 7.11 Å². The number of rotatable bonds is 5. The van der Waals surface area contributed by atoms with Crippen LogP contribution in [0, 0.1) is 0 Å². The Morgan fingerprint density at radius 3 is 2.93 bits per heavy atom. The van der Waals surface area contributed by atoms with Gasteiger partial charge in [0, 0.05) is 11.1 Å². The summed E-state index contributed by atoms with van der Waals surface area (Å²) in [5, 5.41) is 4.25. The van der Waals surface area contributed by atoms with E-state index < -0.39 is 0 Å². The highest BCUT2D eigenvalue weighted by molar-refractivity contribution is 6.30. The first-order chi connectivity index (χ1) is 7.29. The fourth-order valence-corrected chi connectivity index (χ4v) is 1.84. The van der Waals surface area contributed by atoms with Crippen LogP contribution < -0.4 is 10.1 Å². The lowest BCUT2D eigenvalue weighted by atomic mass is 10.1. The third-order valence-corrected chi connectivity index (χ3v) is 2.88. The standard InChI is InChI=1S/C12H16ClNO/c1-15-12-5-2-10(13)8-9(12)6-7-14-11-3-4-11/h2,5,8,11,14H,3-4,6-7H2,1H3. The Balaban J connectivity index is 1.94. The van der Waals surface area contributed by atoms with Crippen LogP contribution in [-0.4, -0.2) is 19.7 Å². The van der Waals surface area contributed by atoms with Crippen molar-refractivity contribution in [3.05, 3.63) is 28.8 Å². The summed E-state index contributed by atoms with van der Waals surface area (Å²) in [6, 6.07) is 6.53. The molecular formula is C12H16ClNO. The van der Waals surface area contributed by atoms with Gasteiger partial charge < -0.3 is 10.1 Å². The Morgan fingerprint density at radius 1 is 1.47 bits per heavy atom. The maximum absolute atomic E-state index is 5.95. The van der Waals surface area contributed by atoms with Crippen LogP contribution in [0.5, 0.6) is 5.75 Å². The Labute approximate surface area is 95.6 Å². The summed E-state index contributed by atoms with van der Waals surface area (Å²) >= 11 is 5.95. The topological polar surface area (TPSA) is 21.3 Å². The van der Waals surface area contributed by atoms with Crippen LogP contribution in [0.15, 0.2) is 18.2 Å². The van der Waals surface area contributed by atoms with Crippen molar-refractivity contribution >= 4 is 11.6 Å². The minimum Gasteiger partial charge on any atom is -0.496 e. The van der Waals surface area contributed by atoms with Gasteiger partial charge in [-0.3, -0.25) is 0 Å². The van der Waals surface area contributed by atoms with E-state index in [-0.39, 0.29) is 0 Å². The van der Waals surface area contributed by atoms with Gasteiger partial charge in [-0.2, -0.15) is 0 Å². The number of hydrogen-bond acceptors (Lipinski definition) is 2. The van der Waals surface area contributed by atoms with E-state index in [2.05, 4.69) is 5.32 Å². The molecule has 15 heavy (non-hydrogen) atoms. The van der Waals surface area contributed by atoms with Crippen molar-refractivity contribution < 1.29 is 4.74 Å². The molecule has 0 bridgehead atoms. The van der Waals surface area contributed by atoms with Gasteiger partial charge in [-0.25, -0.2) is 0 Å². The number of nitrogens with one attached hydrogen (secondary N) is 1. The highest BCUT2D eigenvalue weighted by atomic mass is 35.5. The molecule has 0 aromatic heterocycles. The van der Waals surface area contributed by atoms with Gasteiger partial charge >= 0.3 is 0 Å². The monoisotopic (exact) mass is 225 g/mol. The smallest absolute Gasteiger partial charge is 0.122 e. The van der Waals surface area contributed by atoms with Crippen molar-refractivity contribution in [2.75, 3.05) is 13.7 Å². The summed E-state index contributed by atoms with van der Waals surface area (Å²) in [5.74, 6) is 0.928. The molecule has 2 rings (SSSR count). The molecule has 0 amide bonds. The zero-order valence-corrected chi connectivity index (χ0v) is 9.68. The predicted molar refractivity (Wildman–Crippen MR) is 62.7 cm³/mol. The van der Waals surface area contributed by atoms with Crippen molar-refractivity contribution in [2.45, 2.75) is 25.3 Å². The van der Waals surface area contributed by atoms with Crippen molar-refractivity contribution in [1.29, 1.82) is 0 Å². The molecule has 0 spiro atoms. The Bertz CT molecular complexity index is 336. The van der Waals surface area contributed by atoms with Crippen molar-refractivity contribution in [2.24, 2.45) is 0 Å². The number of hydrogen-bond donors (Lipinski definition) is 1. The van der Waals surface area contributed by atoms with Crippen LogP contribution in [0.3, 0.4) is 0 Å². The van der Waals surface area contributed by atoms with Crippen LogP contribution in [-0.2, 0) is 6.42 Å². The summed E-state index contributed by atoms with van der Waals surface area (Å²) < 4.78 is 5.29. The fourth-order valence-electron chi connectivity index (χ4n) is 1.64. The second kappa shape index (κ2) is 4.86. The highest BCUT2D eigenvalue weighted by Crippen LogP contribution is 2.23. The lowest BCUT2D eigenvalue weighted by Gasteiger charge is -2.09. The second-order valence-corrected chi connectivity index (χ2v) is 4.37. The van der Waals surface area contributed by atoms with E-state index in [4.69, 9.17) is 16.3 Å². The number of benzene rings is 1. The lowest BCUT2D eigenvalue weighted by molar-refractivity contribution is 0.409. The van der Waals surface area contributed by atoms with Crippen molar-refractivity contribution in [1.82, 2.24) is 5.32 Å². The molecule has 0 atom stereocenters. The van der Waals surface area contributed by atoms with Crippen LogP contribution >= 0.6 is 11.6 Å². The van der Waals surface area contributed by atoms with Crippen LogP contribution in [0.1, 0.15) is 18.4 Å². The molecule has 1 aromatic carbocycles. The predicted octanol–water partition coefficient (Wildman–Crippen LogP) is 2.64. The number of halogens is 1. The molecule has 0 heterocycles.